The van der Waals surface area contributed by atoms with Crippen LogP contribution in [-0.4, -0.2) is 44.3 Å². The molecule has 0 bridgehead atoms. The summed E-state index contributed by atoms with van der Waals surface area (Å²) in [7, 11) is -0.845. The van der Waals surface area contributed by atoms with E-state index in [9.17, 15) is 9.00 Å². The molecule has 7 heteroatoms. The molecule has 1 unspecified atom stereocenters. The molecule has 18 heavy (non-hydrogen) atoms. The topological polar surface area (TPSA) is 76.0 Å². The molecule has 1 aliphatic rings. The minimum absolute atomic E-state index is 0.202. The van der Waals surface area contributed by atoms with Gasteiger partial charge < -0.3 is 15.2 Å². The maximum absolute atomic E-state index is 11.8. The normalized spacial score (nSPS) is 15.6. The largest absolute Gasteiger partial charge is 0.356 e. The monoisotopic (exact) mass is 270 g/mol. The van der Waals surface area contributed by atoms with Gasteiger partial charge in [-0.3, -0.25) is 9.00 Å². The van der Waals surface area contributed by atoms with Crippen molar-refractivity contribution in [1.29, 1.82) is 0 Å². The number of amides is 1. The molecule has 0 aromatic carbocycles. The van der Waals surface area contributed by atoms with E-state index in [1.54, 1.807) is 6.20 Å². The molecule has 100 valence electrons. The first-order chi connectivity index (χ1) is 8.70. The number of anilines is 1. The third kappa shape index (κ3) is 3.10. The van der Waals surface area contributed by atoms with Crippen molar-refractivity contribution in [3.63, 3.8) is 0 Å². The molecule has 1 aromatic heterocycles. The van der Waals surface area contributed by atoms with Crippen molar-refractivity contribution in [2.45, 2.75) is 19.9 Å². The molecule has 1 aliphatic heterocycles. The fourth-order valence-electron chi connectivity index (χ4n) is 1.80. The van der Waals surface area contributed by atoms with Gasteiger partial charge in [-0.25, -0.2) is 4.98 Å². The molecule has 0 saturated heterocycles. The van der Waals surface area contributed by atoms with Crippen molar-refractivity contribution in [3.8, 4) is 0 Å². The first kappa shape index (κ1) is 13.1. The SMILES string of the molecule is CCS(=O)CCNC(=O)c1cn2c(n1)NCCC2. The molecule has 0 saturated carbocycles. The summed E-state index contributed by atoms with van der Waals surface area (Å²) in [6, 6.07) is 0. The lowest BCUT2D eigenvalue weighted by Crippen LogP contribution is -2.28. The summed E-state index contributed by atoms with van der Waals surface area (Å²) in [6.07, 6.45) is 2.80. The summed E-state index contributed by atoms with van der Waals surface area (Å²) in [5.41, 5.74) is 0.418. The van der Waals surface area contributed by atoms with Gasteiger partial charge in [0, 0.05) is 48.1 Å². The van der Waals surface area contributed by atoms with E-state index in [1.165, 1.54) is 0 Å². The van der Waals surface area contributed by atoms with E-state index in [4.69, 9.17) is 0 Å². The number of hydrogen-bond acceptors (Lipinski definition) is 4. The quantitative estimate of drug-likeness (QED) is 0.801. The first-order valence-corrected chi connectivity index (χ1v) is 7.63. The van der Waals surface area contributed by atoms with Crippen LogP contribution < -0.4 is 10.6 Å². The third-order valence-corrected chi connectivity index (χ3v) is 4.11. The van der Waals surface area contributed by atoms with Crippen LogP contribution in [0.1, 0.15) is 23.8 Å². The molecule has 0 spiro atoms. The summed E-state index contributed by atoms with van der Waals surface area (Å²) >= 11 is 0. The summed E-state index contributed by atoms with van der Waals surface area (Å²) in [4.78, 5) is 16.1. The standard InChI is InChI=1S/C11H18N4O2S/c1-2-18(17)7-5-12-10(16)9-8-15-6-3-4-13-11(15)14-9/h8H,2-7H2,1H3,(H,12,16)(H,13,14). The molecule has 0 fully saturated rings. The highest BCUT2D eigenvalue weighted by Gasteiger charge is 2.16. The molecule has 1 atom stereocenters. The zero-order chi connectivity index (χ0) is 13.0. The number of aromatic nitrogens is 2. The maximum atomic E-state index is 11.8. The van der Waals surface area contributed by atoms with Crippen molar-refractivity contribution < 1.29 is 9.00 Å². The second-order valence-corrected chi connectivity index (χ2v) is 5.98. The fraction of sp³-hybridized carbons (Fsp3) is 0.636. The molecular weight excluding hydrogens is 252 g/mol. The first-order valence-electron chi connectivity index (χ1n) is 6.15. The maximum Gasteiger partial charge on any atom is 0.271 e. The Kier molecular flexibility index (Phi) is 4.35. The van der Waals surface area contributed by atoms with Gasteiger partial charge in [-0.15, -0.1) is 0 Å². The van der Waals surface area contributed by atoms with Gasteiger partial charge in [-0.2, -0.15) is 0 Å². The lowest BCUT2D eigenvalue weighted by molar-refractivity contribution is 0.0951. The summed E-state index contributed by atoms with van der Waals surface area (Å²) < 4.78 is 13.2. The van der Waals surface area contributed by atoms with Crippen LogP contribution in [-0.2, 0) is 17.3 Å². The van der Waals surface area contributed by atoms with Gasteiger partial charge in [0.2, 0.25) is 5.95 Å². The number of carbonyl (C=O) groups is 1. The van der Waals surface area contributed by atoms with Gasteiger partial charge in [0.1, 0.15) is 5.69 Å². The van der Waals surface area contributed by atoms with Crippen LogP contribution in [0.5, 0.6) is 0 Å². The zero-order valence-corrected chi connectivity index (χ0v) is 11.3. The van der Waals surface area contributed by atoms with Crippen molar-refractivity contribution in [2.24, 2.45) is 0 Å². The summed E-state index contributed by atoms with van der Waals surface area (Å²) in [5, 5.41) is 5.88. The Morgan fingerprint density at radius 2 is 2.50 bits per heavy atom. The molecule has 2 N–H and O–H groups in total. The van der Waals surface area contributed by atoms with Gasteiger partial charge >= 0.3 is 0 Å². The Morgan fingerprint density at radius 3 is 3.22 bits per heavy atom. The summed E-state index contributed by atoms with van der Waals surface area (Å²) in [5.74, 6) is 1.67. The predicted molar refractivity (Wildman–Crippen MR) is 71.2 cm³/mol. The zero-order valence-electron chi connectivity index (χ0n) is 10.4. The Balaban J connectivity index is 1.89. The van der Waals surface area contributed by atoms with Crippen LogP contribution >= 0.6 is 0 Å². The predicted octanol–water partition coefficient (Wildman–Crippen LogP) is 0.197. The minimum Gasteiger partial charge on any atom is -0.356 e. The lowest BCUT2D eigenvalue weighted by Gasteiger charge is -2.14. The number of hydrogen-bond donors (Lipinski definition) is 2. The van der Waals surface area contributed by atoms with Crippen LogP contribution in [0.3, 0.4) is 0 Å². The van der Waals surface area contributed by atoms with Crippen molar-refractivity contribution in [2.75, 3.05) is 29.9 Å². The number of nitrogens with one attached hydrogen (secondary N) is 2. The smallest absolute Gasteiger partial charge is 0.271 e. The van der Waals surface area contributed by atoms with Crippen molar-refractivity contribution in [3.05, 3.63) is 11.9 Å². The molecule has 6 nitrogen and oxygen atoms in total. The molecule has 2 heterocycles. The molecular formula is C11H18N4O2S. The molecule has 1 aromatic rings. The highest BCUT2D eigenvalue weighted by molar-refractivity contribution is 7.84. The van der Waals surface area contributed by atoms with Gasteiger partial charge in [-0.1, -0.05) is 6.92 Å². The minimum atomic E-state index is -0.845. The Morgan fingerprint density at radius 1 is 1.67 bits per heavy atom. The number of fused-ring (bicyclic) bond motifs is 1. The second kappa shape index (κ2) is 5.99. The van der Waals surface area contributed by atoms with E-state index >= 15 is 0 Å². The number of imidazole rings is 1. The fourth-order valence-corrected chi connectivity index (χ4v) is 2.42. The van der Waals surface area contributed by atoms with E-state index in [2.05, 4.69) is 15.6 Å². The molecule has 2 rings (SSSR count). The van der Waals surface area contributed by atoms with Crippen molar-refractivity contribution in [1.82, 2.24) is 14.9 Å². The number of aryl methyl sites for hydroxylation is 1. The van der Waals surface area contributed by atoms with E-state index in [0.29, 0.717) is 23.7 Å². The van der Waals surface area contributed by atoms with E-state index < -0.39 is 10.8 Å². The van der Waals surface area contributed by atoms with Crippen LogP contribution in [0, 0.1) is 0 Å². The number of nitrogens with zero attached hydrogens (tertiary/aromatic N) is 2. The highest BCUT2D eigenvalue weighted by atomic mass is 32.2. The Hall–Kier alpha value is -1.37. The lowest BCUT2D eigenvalue weighted by atomic mass is 10.4. The summed E-state index contributed by atoms with van der Waals surface area (Å²) in [6.45, 7) is 4.08. The van der Waals surface area contributed by atoms with Gasteiger partial charge in [0.05, 0.1) is 0 Å². The van der Waals surface area contributed by atoms with Gasteiger partial charge in [-0.05, 0) is 6.42 Å². The highest BCUT2D eigenvalue weighted by Crippen LogP contribution is 2.13. The average molecular weight is 270 g/mol. The number of rotatable bonds is 5. The number of carbonyl (C=O) groups excluding carboxylic acids is 1. The third-order valence-electron chi connectivity index (χ3n) is 2.81. The molecule has 0 radical (unpaired) electrons. The van der Waals surface area contributed by atoms with E-state index in [-0.39, 0.29) is 5.91 Å². The van der Waals surface area contributed by atoms with Crippen LogP contribution in [0.2, 0.25) is 0 Å². The average Bonchev–Trinajstić information content (AvgIpc) is 2.82. The Bertz CT molecular complexity index is 434. The molecule has 1 amide bonds. The van der Waals surface area contributed by atoms with E-state index in [1.807, 2.05) is 11.5 Å². The second-order valence-electron chi connectivity index (χ2n) is 4.11. The Labute approximate surface area is 109 Å². The molecule has 0 aliphatic carbocycles. The van der Waals surface area contributed by atoms with E-state index in [0.717, 1.165) is 25.5 Å². The van der Waals surface area contributed by atoms with Gasteiger partial charge in [0.25, 0.3) is 5.91 Å². The van der Waals surface area contributed by atoms with Crippen LogP contribution in [0.25, 0.3) is 0 Å². The van der Waals surface area contributed by atoms with Crippen molar-refractivity contribution >= 4 is 22.7 Å². The van der Waals surface area contributed by atoms with Crippen LogP contribution in [0.15, 0.2) is 6.20 Å². The van der Waals surface area contributed by atoms with Gasteiger partial charge in [0.15, 0.2) is 0 Å². The van der Waals surface area contributed by atoms with Crippen LogP contribution in [0.4, 0.5) is 5.95 Å².